The molecule has 0 radical (unpaired) electrons. The zero-order chi connectivity index (χ0) is 14.4. The fraction of sp³-hybridized carbons (Fsp3) is 0.647. The molecule has 0 heterocycles. The first-order valence-corrected chi connectivity index (χ1v) is 8.03. The lowest BCUT2D eigenvalue weighted by Gasteiger charge is -2.48. The van der Waals surface area contributed by atoms with E-state index in [4.69, 9.17) is 16.3 Å². The number of rotatable bonds is 8. The molecule has 112 valence electrons. The van der Waals surface area contributed by atoms with E-state index in [-0.39, 0.29) is 0 Å². The molecule has 0 spiro atoms. The van der Waals surface area contributed by atoms with Crippen LogP contribution in [0.2, 0.25) is 5.02 Å². The molecule has 1 aliphatic rings. The third-order valence-electron chi connectivity index (χ3n) is 4.77. The first-order chi connectivity index (χ1) is 9.73. The van der Waals surface area contributed by atoms with Crippen LogP contribution >= 0.6 is 11.6 Å². The minimum absolute atomic E-state index is 0.312. The lowest BCUT2D eigenvalue weighted by atomic mass is 9.59. The summed E-state index contributed by atoms with van der Waals surface area (Å²) in [5.41, 5.74) is 1.76. The molecule has 1 aromatic carbocycles. The monoisotopic (exact) mass is 295 g/mol. The van der Waals surface area contributed by atoms with Crippen LogP contribution in [0, 0.1) is 0 Å². The Morgan fingerprint density at radius 1 is 1.25 bits per heavy atom. The van der Waals surface area contributed by atoms with E-state index in [9.17, 15) is 0 Å². The minimum atomic E-state index is 0.312. The van der Waals surface area contributed by atoms with Crippen LogP contribution in [-0.4, -0.2) is 26.8 Å². The van der Waals surface area contributed by atoms with Crippen LogP contribution in [0.25, 0.3) is 0 Å². The van der Waals surface area contributed by atoms with Gasteiger partial charge in [0.2, 0.25) is 0 Å². The molecule has 1 fully saturated rings. The number of ether oxygens (including phenoxy) is 1. The van der Waals surface area contributed by atoms with Crippen LogP contribution in [0.15, 0.2) is 24.3 Å². The molecule has 0 amide bonds. The van der Waals surface area contributed by atoms with Crippen molar-refractivity contribution >= 4 is 11.6 Å². The van der Waals surface area contributed by atoms with E-state index in [0.29, 0.717) is 11.5 Å². The second-order valence-electron chi connectivity index (χ2n) is 5.85. The number of hydrogen-bond donors (Lipinski definition) is 1. The predicted molar refractivity (Wildman–Crippen MR) is 85.6 cm³/mol. The highest BCUT2D eigenvalue weighted by Crippen LogP contribution is 2.47. The van der Waals surface area contributed by atoms with Gasteiger partial charge in [-0.3, -0.25) is 0 Å². The summed E-state index contributed by atoms with van der Waals surface area (Å²) in [5.74, 6) is 0. The highest BCUT2D eigenvalue weighted by molar-refractivity contribution is 6.30. The van der Waals surface area contributed by atoms with Gasteiger partial charge in [-0.2, -0.15) is 0 Å². The number of hydrogen-bond acceptors (Lipinski definition) is 2. The third kappa shape index (κ3) is 3.36. The lowest BCUT2D eigenvalue weighted by Crippen LogP contribution is -2.51. The molecule has 1 atom stereocenters. The fourth-order valence-electron chi connectivity index (χ4n) is 3.47. The predicted octanol–water partition coefficient (Wildman–Crippen LogP) is 4.17. The Bertz CT molecular complexity index is 400. The van der Waals surface area contributed by atoms with Crippen LogP contribution in [-0.2, 0) is 10.2 Å². The van der Waals surface area contributed by atoms with Gasteiger partial charge < -0.3 is 10.1 Å². The second-order valence-corrected chi connectivity index (χ2v) is 6.28. The summed E-state index contributed by atoms with van der Waals surface area (Å²) >= 11 is 6.03. The van der Waals surface area contributed by atoms with Crippen molar-refractivity contribution in [3.8, 4) is 0 Å². The Hall–Kier alpha value is -0.570. The average molecular weight is 296 g/mol. The van der Waals surface area contributed by atoms with E-state index >= 15 is 0 Å². The molecule has 2 rings (SSSR count). The Morgan fingerprint density at radius 3 is 2.45 bits per heavy atom. The van der Waals surface area contributed by atoms with E-state index in [0.717, 1.165) is 18.1 Å². The summed E-state index contributed by atoms with van der Waals surface area (Å²) in [4.78, 5) is 0. The molecular formula is C17H26ClNO. The molecule has 2 nitrogen and oxygen atoms in total. The summed E-state index contributed by atoms with van der Waals surface area (Å²) in [6.45, 7) is 0.865. The van der Waals surface area contributed by atoms with Crippen molar-refractivity contribution in [2.45, 2.75) is 50.0 Å². The van der Waals surface area contributed by atoms with Gasteiger partial charge in [0.05, 0.1) is 0 Å². The van der Waals surface area contributed by atoms with Crippen molar-refractivity contribution in [3.05, 3.63) is 34.9 Å². The van der Waals surface area contributed by atoms with Gasteiger partial charge in [-0.05, 0) is 56.8 Å². The molecule has 1 aromatic rings. The standard InChI is InChI=1S/C17H26ClNO/c1-19-16(6-3-4-13-20-2)17(11-5-12-17)14-7-9-15(18)10-8-14/h7-10,16,19H,3-6,11-13H2,1-2H3. The van der Waals surface area contributed by atoms with Gasteiger partial charge >= 0.3 is 0 Å². The van der Waals surface area contributed by atoms with Crippen LogP contribution in [0.3, 0.4) is 0 Å². The summed E-state index contributed by atoms with van der Waals surface area (Å²) in [7, 11) is 3.87. The Morgan fingerprint density at radius 2 is 1.95 bits per heavy atom. The van der Waals surface area contributed by atoms with Gasteiger partial charge in [-0.25, -0.2) is 0 Å². The summed E-state index contributed by atoms with van der Waals surface area (Å²) < 4.78 is 5.15. The topological polar surface area (TPSA) is 21.3 Å². The number of benzene rings is 1. The normalized spacial score (nSPS) is 18.6. The fourth-order valence-corrected chi connectivity index (χ4v) is 3.60. The van der Waals surface area contributed by atoms with Gasteiger partial charge in [-0.15, -0.1) is 0 Å². The summed E-state index contributed by atoms with van der Waals surface area (Å²) in [6, 6.07) is 9.01. The van der Waals surface area contributed by atoms with E-state index in [2.05, 4.69) is 24.5 Å². The van der Waals surface area contributed by atoms with Crippen LogP contribution in [0.1, 0.15) is 44.1 Å². The maximum Gasteiger partial charge on any atom is 0.0462 e. The van der Waals surface area contributed by atoms with Crippen molar-refractivity contribution < 1.29 is 4.74 Å². The summed E-state index contributed by atoms with van der Waals surface area (Å²) in [5, 5.41) is 4.38. The minimum Gasteiger partial charge on any atom is -0.385 e. The van der Waals surface area contributed by atoms with E-state index in [1.807, 2.05) is 12.1 Å². The zero-order valence-electron chi connectivity index (χ0n) is 12.6. The second kappa shape index (κ2) is 7.44. The zero-order valence-corrected chi connectivity index (χ0v) is 13.4. The molecular weight excluding hydrogens is 270 g/mol. The average Bonchev–Trinajstić information content (AvgIpc) is 2.42. The Kier molecular flexibility index (Phi) is 5.88. The van der Waals surface area contributed by atoms with Gasteiger partial charge in [0.25, 0.3) is 0 Å². The maximum atomic E-state index is 6.03. The molecule has 3 heteroatoms. The lowest BCUT2D eigenvalue weighted by molar-refractivity contribution is 0.156. The molecule has 20 heavy (non-hydrogen) atoms. The van der Waals surface area contributed by atoms with Crippen molar-refractivity contribution in [3.63, 3.8) is 0 Å². The van der Waals surface area contributed by atoms with Crippen molar-refractivity contribution in [2.24, 2.45) is 0 Å². The van der Waals surface area contributed by atoms with Gasteiger partial charge in [-0.1, -0.05) is 30.2 Å². The van der Waals surface area contributed by atoms with Gasteiger partial charge in [0, 0.05) is 30.2 Å². The smallest absolute Gasteiger partial charge is 0.0462 e. The van der Waals surface area contributed by atoms with Gasteiger partial charge in [0.1, 0.15) is 0 Å². The third-order valence-corrected chi connectivity index (χ3v) is 5.02. The molecule has 1 saturated carbocycles. The Balaban J connectivity index is 2.05. The van der Waals surface area contributed by atoms with E-state index in [1.165, 1.54) is 37.7 Å². The van der Waals surface area contributed by atoms with Crippen molar-refractivity contribution in [1.29, 1.82) is 0 Å². The van der Waals surface area contributed by atoms with Crippen molar-refractivity contribution in [2.75, 3.05) is 20.8 Å². The van der Waals surface area contributed by atoms with Crippen LogP contribution in [0.4, 0.5) is 0 Å². The largest absolute Gasteiger partial charge is 0.385 e. The molecule has 0 aliphatic heterocycles. The molecule has 1 N–H and O–H groups in total. The number of halogens is 1. The van der Waals surface area contributed by atoms with E-state index < -0.39 is 0 Å². The molecule has 1 unspecified atom stereocenters. The highest BCUT2D eigenvalue weighted by atomic mass is 35.5. The van der Waals surface area contributed by atoms with Crippen LogP contribution < -0.4 is 5.32 Å². The molecule has 1 aliphatic carbocycles. The first kappa shape index (κ1) is 15.8. The molecule has 0 bridgehead atoms. The highest BCUT2D eigenvalue weighted by Gasteiger charge is 2.44. The number of likely N-dealkylation sites (N-methyl/N-ethyl adjacent to an activating group) is 1. The molecule has 0 aromatic heterocycles. The molecule has 0 saturated heterocycles. The maximum absolute atomic E-state index is 6.03. The van der Waals surface area contributed by atoms with E-state index in [1.54, 1.807) is 7.11 Å². The summed E-state index contributed by atoms with van der Waals surface area (Å²) in [6.07, 6.45) is 7.47. The van der Waals surface area contributed by atoms with Gasteiger partial charge in [0.15, 0.2) is 0 Å². The number of nitrogens with one attached hydrogen (secondary N) is 1. The first-order valence-electron chi connectivity index (χ1n) is 7.65. The Labute approximate surface area is 127 Å². The van der Waals surface area contributed by atoms with Crippen molar-refractivity contribution in [1.82, 2.24) is 5.32 Å². The van der Waals surface area contributed by atoms with Crippen LogP contribution in [0.5, 0.6) is 0 Å². The number of methoxy groups -OCH3 is 1. The number of unbranched alkanes of at least 4 members (excludes halogenated alkanes) is 1. The SMILES string of the molecule is CNC(CCCCOC)C1(c2ccc(Cl)cc2)CCC1. The quantitative estimate of drug-likeness (QED) is 0.727.